The Labute approximate surface area is 176 Å². The van der Waals surface area contributed by atoms with Gasteiger partial charge in [0.25, 0.3) is 5.91 Å². The van der Waals surface area contributed by atoms with Gasteiger partial charge in [-0.3, -0.25) is 14.5 Å². The number of hydrogen-bond acceptors (Lipinski definition) is 3. The molecular weight excluding hydrogens is 380 g/mol. The number of rotatable bonds is 4. The van der Waals surface area contributed by atoms with Crippen LogP contribution in [0, 0.1) is 6.92 Å². The van der Waals surface area contributed by atoms with Gasteiger partial charge in [0.05, 0.1) is 10.6 Å². The van der Waals surface area contributed by atoms with E-state index in [0.29, 0.717) is 4.91 Å². The van der Waals surface area contributed by atoms with Gasteiger partial charge in [0.1, 0.15) is 6.54 Å². The van der Waals surface area contributed by atoms with Crippen molar-refractivity contribution in [1.82, 2.24) is 5.32 Å². The Morgan fingerprint density at radius 3 is 2.62 bits per heavy atom. The number of carbonyl (C=O) groups is 2. The molecule has 1 saturated carbocycles. The first-order chi connectivity index (χ1) is 14.1. The Bertz CT molecular complexity index is 947. The largest absolute Gasteiger partial charge is 0.352 e. The highest BCUT2D eigenvalue weighted by atomic mass is 32.2. The third-order valence-corrected chi connectivity index (χ3v) is 6.66. The maximum atomic E-state index is 13.3. The van der Waals surface area contributed by atoms with E-state index in [-0.39, 0.29) is 24.4 Å². The van der Waals surface area contributed by atoms with E-state index in [9.17, 15) is 9.59 Å². The summed E-state index contributed by atoms with van der Waals surface area (Å²) in [4.78, 5) is 29.3. The van der Waals surface area contributed by atoms with Crippen LogP contribution < -0.4 is 10.2 Å². The summed E-state index contributed by atoms with van der Waals surface area (Å²) in [5.74, 6) is -0.196. The van der Waals surface area contributed by atoms with E-state index in [1.807, 2.05) is 61.5 Å². The summed E-state index contributed by atoms with van der Waals surface area (Å²) >= 11 is 1.47. The van der Waals surface area contributed by atoms with Gasteiger partial charge in [-0.25, -0.2) is 0 Å². The van der Waals surface area contributed by atoms with Gasteiger partial charge in [0, 0.05) is 10.9 Å². The molecule has 2 aromatic carbocycles. The van der Waals surface area contributed by atoms with E-state index in [4.69, 9.17) is 0 Å². The standard InChI is InChI=1S/C24H26N2O2S/c1-17-9-5-6-10-18(17)15-22-24(28)26(20-13-7-8-14-21(20)29-22)16-23(27)25-19-11-3-2-4-12-19/h5-10,13-15,19H,2-4,11-12,16H2,1H3,(H,25,27). The first-order valence-electron chi connectivity index (χ1n) is 10.3. The molecule has 0 saturated heterocycles. The van der Waals surface area contributed by atoms with Crippen LogP contribution in [0.1, 0.15) is 43.2 Å². The van der Waals surface area contributed by atoms with Gasteiger partial charge >= 0.3 is 0 Å². The van der Waals surface area contributed by atoms with Crippen molar-refractivity contribution in [1.29, 1.82) is 0 Å². The molecule has 1 aliphatic carbocycles. The van der Waals surface area contributed by atoms with Crippen molar-refractivity contribution in [2.24, 2.45) is 0 Å². The van der Waals surface area contributed by atoms with Crippen molar-refractivity contribution in [3.63, 3.8) is 0 Å². The second-order valence-electron chi connectivity index (χ2n) is 7.73. The number of nitrogens with zero attached hydrogens (tertiary/aromatic N) is 1. The molecule has 2 aliphatic rings. The van der Waals surface area contributed by atoms with Crippen molar-refractivity contribution < 1.29 is 9.59 Å². The number of anilines is 1. The van der Waals surface area contributed by atoms with Gasteiger partial charge in [-0.2, -0.15) is 0 Å². The summed E-state index contributed by atoms with van der Waals surface area (Å²) in [6.45, 7) is 2.09. The molecule has 2 amide bonds. The van der Waals surface area contributed by atoms with Crippen LogP contribution in [-0.4, -0.2) is 24.4 Å². The van der Waals surface area contributed by atoms with Gasteiger partial charge < -0.3 is 5.32 Å². The van der Waals surface area contributed by atoms with Gasteiger partial charge in [-0.15, -0.1) is 0 Å². The number of benzene rings is 2. The SMILES string of the molecule is Cc1ccccc1C=C1Sc2ccccc2N(CC(=O)NC2CCCCC2)C1=O. The summed E-state index contributed by atoms with van der Waals surface area (Å²) in [7, 11) is 0. The van der Waals surface area contributed by atoms with Gasteiger partial charge in [0.15, 0.2) is 0 Å². The molecule has 4 rings (SSSR count). The first kappa shape index (κ1) is 19.8. The molecular formula is C24H26N2O2S. The summed E-state index contributed by atoms with van der Waals surface area (Å²) in [5.41, 5.74) is 2.95. The molecule has 0 aromatic heterocycles. The number of nitrogens with one attached hydrogen (secondary N) is 1. The fourth-order valence-electron chi connectivity index (χ4n) is 3.97. The third-order valence-electron chi connectivity index (χ3n) is 5.58. The zero-order valence-electron chi connectivity index (χ0n) is 16.7. The summed E-state index contributed by atoms with van der Waals surface area (Å²) in [6, 6.07) is 16.0. The van der Waals surface area contributed by atoms with Crippen LogP contribution in [0.2, 0.25) is 0 Å². The van der Waals surface area contributed by atoms with Crippen LogP contribution in [0.5, 0.6) is 0 Å². The molecule has 0 spiro atoms. The summed E-state index contributed by atoms with van der Waals surface area (Å²) in [6.07, 6.45) is 7.57. The van der Waals surface area contributed by atoms with E-state index in [0.717, 1.165) is 47.4 Å². The zero-order valence-corrected chi connectivity index (χ0v) is 17.5. The van der Waals surface area contributed by atoms with Crippen molar-refractivity contribution in [2.75, 3.05) is 11.4 Å². The predicted octanol–water partition coefficient (Wildman–Crippen LogP) is 4.92. The Hall–Kier alpha value is -2.53. The maximum Gasteiger partial charge on any atom is 0.265 e. The van der Waals surface area contributed by atoms with E-state index in [1.165, 1.54) is 18.2 Å². The fraction of sp³-hybridized carbons (Fsp3) is 0.333. The minimum atomic E-state index is -0.115. The van der Waals surface area contributed by atoms with Crippen molar-refractivity contribution in [2.45, 2.75) is 50.0 Å². The van der Waals surface area contributed by atoms with Gasteiger partial charge in [0.2, 0.25) is 5.91 Å². The lowest BCUT2D eigenvalue weighted by Crippen LogP contribution is -2.46. The molecule has 0 radical (unpaired) electrons. The average Bonchev–Trinajstić information content (AvgIpc) is 2.73. The number of carbonyl (C=O) groups excluding carboxylic acids is 2. The van der Waals surface area contributed by atoms with Gasteiger partial charge in [-0.1, -0.05) is 67.4 Å². The number of thioether (sulfide) groups is 1. The third kappa shape index (κ3) is 4.56. The average molecular weight is 407 g/mol. The van der Waals surface area contributed by atoms with Crippen LogP contribution in [-0.2, 0) is 9.59 Å². The Morgan fingerprint density at radius 1 is 1.10 bits per heavy atom. The highest BCUT2D eigenvalue weighted by Crippen LogP contribution is 2.42. The molecule has 150 valence electrons. The van der Waals surface area contributed by atoms with Crippen molar-refractivity contribution in [3.8, 4) is 0 Å². The molecule has 29 heavy (non-hydrogen) atoms. The minimum Gasteiger partial charge on any atom is -0.352 e. The Kier molecular flexibility index (Phi) is 6.05. The Morgan fingerprint density at radius 2 is 1.83 bits per heavy atom. The van der Waals surface area contributed by atoms with Crippen LogP contribution in [0.25, 0.3) is 6.08 Å². The lowest BCUT2D eigenvalue weighted by molar-refractivity contribution is -0.123. The highest BCUT2D eigenvalue weighted by molar-refractivity contribution is 8.04. The topological polar surface area (TPSA) is 49.4 Å². The second-order valence-corrected chi connectivity index (χ2v) is 8.81. The Balaban J connectivity index is 1.59. The molecule has 1 N–H and O–H groups in total. The number of hydrogen-bond donors (Lipinski definition) is 1. The molecule has 1 aliphatic heterocycles. The van der Waals surface area contributed by atoms with Crippen LogP contribution in [0.15, 0.2) is 58.3 Å². The first-order valence-corrected chi connectivity index (χ1v) is 11.1. The molecule has 0 unspecified atom stereocenters. The minimum absolute atomic E-state index is 0.0536. The van der Waals surface area contributed by atoms with E-state index < -0.39 is 0 Å². The molecule has 1 fully saturated rings. The van der Waals surface area contributed by atoms with Crippen molar-refractivity contribution in [3.05, 3.63) is 64.6 Å². The number of fused-ring (bicyclic) bond motifs is 1. The lowest BCUT2D eigenvalue weighted by atomic mass is 9.95. The zero-order chi connectivity index (χ0) is 20.2. The molecule has 5 heteroatoms. The molecule has 0 atom stereocenters. The van der Waals surface area contributed by atoms with E-state index in [2.05, 4.69) is 5.32 Å². The van der Waals surface area contributed by atoms with Crippen LogP contribution in [0.3, 0.4) is 0 Å². The normalized spacial score (nSPS) is 18.6. The maximum absolute atomic E-state index is 13.3. The quantitative estimate of drug-likeness (QED) is 0.733. The van der Waals surface area contributed by atoms with E-state index in [1.54, 1.807) is 4.90 Å². The monoisotopic (exact) mass is 406 g/mol. The lowest BCUT2D eigenvalue weighted by Gasteiger charge is -2.31. The van der Waals surface area contributed by atoms with Gasteiger partial charge in [-0.05, 0) is 49.1 Å². The number of aryl methyl sites for hydroxylation is 1. The molecule has 1 heterocycles. The molecule has 2 aromatic rings. The van der Waals surface area contributed by atoms with Crippen LogP contribution in [0.4, 0.5) is 5.69 Å². The predicted molar refractivity (Wildman–Crippen MR) is 119 cm³/mol. The van der Waals surface area contributed by atoms with E-state index >= 15 is 0 Å². The summed E-state index contributed by atoms with van der Waals surface area (Å²) < 4.78 is 0. The molecule has 0 bridgehead atoms. The summed E-state index contributed by atoms with van der Waals surface area (Å²) in [5, 5.41) is 3.13. The highest BCUT2D eigenvalue weighted by Gasteiger charge is 2.31. The van der Waals surface area contributed by atoms with Crippen molar-refractivity contribution >= 4 is 35.3 Å². The smallest absolute Gasteiger partial charge is 0.265 e. The number of para-hydroxylation sites is 1. The van der Waals surface area contributed by atoms with Crippen LogP contribution >= 0.6 is 11.8 Å². The number of amides is 2. The second kappa shape index (κ2) is 8.87. The molecule has 4 nitrogen and oxygen atoms in total. The fourth-order valence-corrected chi connectivity index (χ4v) is 5.02.